The van der Waals surface area contributed by atoms with Crippen LogP contribution in [-0.2, 0) is 18.9 Å². The highest BCUT2D eigenvalue weighted by molar-refractivity contribution is 6.00. The summed E-state index contributed by atoms with van der Waals surface area (Å²) in [5, 5.41) is 126. The Morgan fingerprint density at radius 2 is 0.534 bits per heavy atom. The van der Waals surface area contributed by atoms with E-state index in [9.17, 15) is 61.3 Å². The number of nitrogens with zero attached hydrogens (tertiary/aromatic N) is 2. The predicted octanol–water partition coefficient (Wildman–Crippen LogP) is 2.59. The summed E-state index contributed by atoms with van der Waals surface area (Å²) in [6, 6.07) is 35.3. The molecule has 16 atom stereocenters. The standard InChI is InChI=1S/C64H62N4O20/c69-45-25-81-61(57(77)53(45)73)85-33-9-1-5-29(21-33)49-37-13-15-39(65-37)50(30-6-2-10-34(22-30)86-62-58(78)54(74)46(70)26-82-62)41-17-19-43(67-41)52(32-8-4-12-36(24-32)88-64-60(80)56(76)48(72)28-84-64)44-20-18-42(68-44)51(40-16-14-38(49)66-40)31-7-3-11-35(23-31)87-63-59(79)55(75)47(71)27-83-63/h1-24,45-48,53-65,68-80H,25-28H2/t45-,46-,47-,48-,53+,54+,55+,56+,57-,58-,59-,60-,61?,62?,63?,64?/m1/s1. The van der Waals surface area contributed by atoms with Crippen molar-refractivity contribution >= 4 is 46.4 Å². The van der Waals surface area contributed by atoms with Crippen LogP contribution >= 0.6 is 0 Å². The molecule has 24 heteroatoms. The van der Waals surface area contributed by atoms with Gasteiger partial charge in [-0.3, -0.25) is 0 Å². The van der Waals surface area contributed by atoms with Crippen LogP contribution in [0.2, 0.25) is 0 Å². The van der Waals surface area contributed by atoms with Crippen LogP contribution in [0.5, 0.6) is 23.0 Å². The minimum Gasteiger partial charge on any atom is -0.462 e. The maximum Gasteiger partial charge on any atom is 0.228 e. The van der Waals surface area contributed by atoms with Crippen LogP contribution in [0.1, 0.15) is 22.8 Å². The first-order valence-corrected chi connectivity index (χ1v) is 28.4. The molecular formula is C64H62N4O20. The lowest BCUT2D eigenvalue weighted by Crippen LogP contribution is -2.54. The number of aromatic nitrogens is 4. The SMILES string of the molecule is O[C@H]1[C@H](O)COC(Oc2cccc(-c3c4nc(c(-c5cccc(OC6OC[C@@H](O)[C@H](O)[C@H]6O)c5)c5ccc([nH]5)c(-c5cccc(OC6OC[C@@H](O)[C@H](O)[C@H]6O)c5)c5nc(c(-c6cccc(OC7OC[C@@H](O)[C@H](O)[C@H]7O)c6)c6ccc3[nH]6)C=C5)C=C4)c2)[C@@H]1O. The van der Waals surface area contributed by atoms with Gasteiger partial charge in [0.1, 0.15) is 96.2 Å². The van der Waals surface area contributed by atoms with Gasteiger partial charge in [0.25, 0.3) is 0 Å². The minimum atomic E-state index is -1.58. The Labute approximate surface area is 500 Å². The van der Waals surface area contributed by atoms with Gasteiger partial charge in [0, 0.05) is 44.3 Å². The Morgan fingerprint density at radius 1 is 0.307 bits per heavy atom. The lowest BCUT2D eigenvalue weighted by molar-refractivity contribution is -0.242. The molecule has 6 aliphatic heterocycles. The summed E-state index contributed by atoms with van der Waals surface area (Å²) >= 11 is 0. The third kappa shape index (κ3) is 11.6. The van der Waals surface area contributed by atoms with Crippen LogP contribution in [0.3, 0.4) is 0 Å². The van der Waals surface area contributed by atoms with Crippen molar-refractivity contribution in [2.24, 2.45) is 0 Å². The number of benzene rings is 4. The van der Waals surface area contributed by atoms with E-state index in [0.717, 1.165) is 0 Å². The van der Waals surface area contributed by atoms with Crippen molar-refractivity contribution in [1.29, 1.82) is 0 Å². The molecule has 13 rings (SSSR count). The molecule has 6 aliphatic rings. The molecule has 0 radical (unpaired) electrons. The van der Waals surface area contributed by atoms with Crippen molar-refractivity contribution in [2.75, 3.05) is 26.4 Å². The van der Waals surface area contributed by atoms with Gasteiger partial charge in [0.15, 0.2) is 0 Å². The highest BCUT2D eigenvalue weighted by atomic mass is 16.7. The van der Waals surface area contributed by atoms with Crippen molar-refractivity contribution in [2.45, 2.75) is 98.4 Å². The molecule has 9 heterocycles. The molecule has 0 saturated carbocycles. The fraction of sp³-hybridized carbons (Fsp3) is 0.312. The predicted molar refractivity (Wildman–Crippen MR) is 314 cm³/mol. The molecule has 4 unspecified atom stereocenters. The smallest absolute Gasteiger partial charge is 0.228 e. The van der Waals surface area contributed by atoms with Gasteiger partial charge < -0.3 is 109 Å². The minimum absolute atomic E-state index is 0.245. The van der Waals surface area contributed by atoms with Gasteiger partial charge in [-0.15, -0.1) is 0 Å². The summed E-state index contributed by atoms with van der Waals surface area (Å²) in [6.07, 6.45) is -15.7. The second-order valence-electron chi connectivity index (χ2n) is 22.1. The van der Waals surface area contributed by atoms with Crippen LogP contribution in [0, 0.1) is 0 Å². The quantitative estimate of drug-likeness (QED) is 0.0836. The van der Waals surface area contributed by atoms with E-state index in [2.05, 4.69) is 9.97 Å². The Balaban J connectivity index is 1.04. The van der Waals surface area contributed by atoms with Crippen LogP contribution in [0.25, 0.3) is 90.9 Å². The summed E-state index contributed by atoms with van der Waals surface area (Å²) < 4.78 is 47.1. The molecule has 4 fully saturated rings. The van der Waals surface area contributed by atoms with E-state index in [1.54, 1.807) is 72.8 Å². The number of aliphatic hydroxyl groups is 12. The van der Waals surface area contributed by atoms with E-state index in [0.29, 0.717) is 89.4 Å². The maximum atomic E-state index is 10.9. The van der Waals surface area contributed by atoms with Gasteiger partial charge in [0.05, 0.1) is 49.2 Å². The highest BCUT2D eigenvalue weighted by Crippen LogP contribution is 2.41. The van der Waals surface area contributed by atoms with Crippen LogP contribution in [0.4, 0.5) is 0 Å². The van der Waals surface area contributed by atoms with Gasteiger partial charge in [-0.05, 0) is 119 Å². The average molecular weight is 1210 g/mol. The van der Waals surface area contributed by atoms with Crippen molar-refractivity contribution in [3.05, 3.63) is 144 Å². The molecule has 24 nitrogen and oxygen atoms in total. The molecule has 0 aliphatic carbocycles. The molecule has 4 aromatic carbocycles. The Kier molecular flexibility index (Phi) is 16.5. The maximum absolute atomic E-state index is 10.9. The number of hydrogen-bond donors (Lipinski definition) is 14. The van der Waals surface area contributed by atoms with Gasteiger partial charge in [-0.1, -0.05) is 48.5 Å². The Hall–Kier alpha value is -7.96. The molecule has 4 saturated heterocycles. The monoisotopic (exact) mass is 1210 g/mol. The number of aromatic amines is 2. The first-order chi connectivity index (χ1) is 42.5. The summed E-state index contributed by atoms with van der Waals surface area (Å²) in [7, 11) is 0. The van der Waals surface area contributed by atoms with E-state index in [1.807, 2.05) is 72.8 Å². The van der Waals surface area contributed by atoms with Crippen molar-refractivity contribution < 1.29 is 99.2 Å². The zero-order valence-corrected chi connectivity index (χ0v) is 46.4. The third-order valence-corrected chi connectivity index (χ3v) is 16.1. The summed E-state index contributed by atoms with van der Waals surface area (Å²) in [5.74, 6) is 0.981. The molecule has 7 aromatic rings. The third-order valence-electron chi connectivity index (χ3n) is 16.1. The van der Waals surface area contributed by atoms with Crippen LogP contribution in [0.15, 0.2) is 121 Å². The fourth-order valence-electron chi connectivity index (χ4n) is 11.4. The summed E-state index contributed by atoms with van der Waals surface area (Å²) in [5.41, 5.74) is 8.62. The van der Waals surface area contributed by atoms with E-state index >= 15 is 0 Å². The molecule has 8 bridgehead atoms. The van der Waals surface area contributed by atoms with E-state index in [-0.39, 0.29) is 49.4 Å². The molecule has 14 N–H and O–H groups in total. The second-order valence-corrected chi connectivity index (χ2v) is 22.1. The fourth-order valence-corrected chi connectivity index (χ4v) is 11.4. The van der Waals surface area contributed by atoms with Crippen LogP contribution < -0.4 is 18.9 Å². The number of fused-ring (bicyclic) bond motifs is 8. The number of nitrogens with one attached hydrogen (secondary N) is 2. The van der Waals surface area contributed by atoms with Crippen LogP contribution in [-0.4, -0.2) is 206 Å². The molecule has 458 valence electrons. The lowest BCUT2D eigenvalue weighted by Gasteiger charge is -2.35. The van der Waals surface area contributed by atoms with Crippen molar-refractivity contribution in [3.63, 3.8) is 0 Å². The topological polar surface area (TPSA) is 374 Å². The highest BCUT2D eigenvalue weighted by Gasteiger charge is 2.42. The number of rotatable bonds is 12. The molecular weight excluding hydrogens is 1140 g/mol. The summed E-state index contributed by atoms with van der Waals surface area (Å²) in [6.45, 7) is -1.15. The number of H-pyrrole nitrogens is 2. The Bertz CT molecular complexity index is 3470. The van der Waals surface area contributed by atoms with Gasteiger partial charge in [-0.2, -0.15) is 0 Å². The van der Waals surface area contributed by atoms with E-state index in [1.165, 1.54) is 0 Å². The molecule has 0 spiro atoms. The summed E-state index contributed by atoms with van der Waals surface area (Å²) in [4.78, 5) is 18.0. The number of ether oxygens (including phenoxy) is 8. The molecule has 88 heavy (non-hydrogen) atoms. The first kappa shape index (κ1) is 59.0. The number of hydrogen-bond acceptors (Lipinski definition) is 22. The zero-order chi connectivity index (χ0) is 61.1. The Morgan fingerprint density at radius 3 is 0.761 bits per heavy atom. The van der Waals surface area contributed by atoms with Gasteiger partial charge >= 0.3 is 0 Å². The van der Waals surface area contributed by atoms with Crippen molar-refractivity contribution in [1.82, 2.24) is 19.9 Å². The van der Waals surface area contributed by atoms with E-state index in [4.69, 9.17) is 47.9 Å². The normalized spacial score (nSPS) is 29.6. The van der Waals surface area contributed by atoms with E-state index < -0.39 is 98.4 Å². The van der Waals surface area contributed by atoms with Gasteiger partial charge in [-0.25, -0.2) is 9.97 Å². The zero-order valence-electron chi connectivity index (χ0n) is 46.4. The number of aliphatic hydroxyl groups excluding tert-OH is 12. The average Bonchev–Trinajstić information content (AvgIpc) is 2.80. The first-order valence-electron chi connectivity index (χ1n) is 28.4. The second kappa shape index (κ2) is 24.5. The lowest BCUT2D eigenvalue weighted by atomic mass is 10.0. The van der Waals surface area contributed by atoms with Gasteiger partial charge in [0.2, 0.25) is 25.2 Å². The van der Waals surface area contributed by atoms with Crippen molar-refractivity contribution in [3.8, 4) is 67.5 Å². The molecule has 0 amide bonds. The molecule has 3 aromatic heterocycles. The largest absolute Gasteiger partial charge is 0.462 e.